The number of anilines is 1. The maximum Gasteiger partial charge on any atom is 0.226 e. The van der Waals surface area contributed by atoms with Crippen LogP contribution in [0.15, 0.2) is 24.3 Å². The Labute approximate surface area is 152 Å². The number of hydrogen-bond donors (Lipinski definition) is 1. The molecule has 1 aromatic heterocycles. The number of nitrogens with zero attached hydrogens (tertiary/aromatic N) is 2. The van der Waals surface area contributed by atoms with Gasteiger partial charge in [0.25, 0.3) is 0 Å². The maximum absolute atomic E-state index is 12.4. The molecule has 1 fully saturated rings. The Hall–Kier alpha value is -2.35. The molecular formula is C18H21N3O4S. The van der Waals surface area contributed by atoms with Crippen molar-refractivity contribution in [3.63, 3.8) is 0 Å². The Morgan fingerprint density at radius 3 is 2.85 bits per heavy atom. The summed E-state index contributed by atoms with van der Waals surface area (Å²) in [6, 6.07) is 7.46. The molecule has 0 spiro atoms. The molecule has 0 aliphatic carbocycles. The van der Waals surface area contributed by atoms with E-state index in [-0.39, 0.29) is 29.4 Å². The average molecular weight is 375 g/mol. The zero-order valence-electron chi connectivity index (χ0n) is 14.7. The van der Waals surface area contributed by atoms with Crippen molar-refractivity contribution in [2.24, 2.45) is 0 Å². The lowest BCUT2D eigenvalue weighted by Gasteiger charge is -2.25. The van der Waals surface area contributed by atoms with Crippen molar-refractivity contribution in [2.75, 3.05) is 23.9 Å². The molecule has 3 heterocycles. The molecule has 1 saturated heterocycles. The van der Waals surface area contributed by atoms with E-state index in [1.165, 1.54) is 0 Å². The normalized spacial score (nSPS) is 24.2. The summed E-state index contributed by atoms with van der Waals surface area (Å²) in [6.07, 6.45) is 0.852. The van der Waals surface area contributed by atoms with Gasteiger partial charge >= 0.3 is 0 Å². The molecular weight excluding hydrogens is 354 g/mol. The van der Waals surface area contributed by atoms with Crippen molar-refractivity contribution >= 4 is 21.6 Å². The third kappa shape index (κ3) is 2.88. The number of benzene rings is 1. The van der Waals surface area contributed by atoms with Gasteiger partial charge in [0.1, 0.15) is 11.6 Å². The number of carbonyl (C=O) groups is 1. The van der Waals surface area contributed by atoms with Crippen molar-refractivity contribution in [3.05, 3.63) is 41.1 Å². The van der Waals surface area contributed by atoms with Gasteiger partial charge in [0.15, 0.2) is 9.84 Å². The fourth-order valence-corrected chi connectivity index (χ4v) is 5.64. The molecule has 0 bridgehead atoms. The Morgan fingerprint density at radius 1 is 1.35 bits per heavy atom. The first-order chi connectivity index (χ1) is 12.4. The minimum absolute atomic E-state index is 0.0697. The molecule has 0 saturated carbocycles. The molecule has 8 heteroatoms. The number of carbonyl (C=O) groups excluding carboxylic acids is 1. The minimum Gasteiger partial charge on any atom is -0.497 e. The Balaban J connectivity index is 1.80. The fourth-order valence-electron chi connectivity index (χ4n) is 3.95. The summed E-state index contributed by atoms with van der Waals surface area (Å²) in [7, 11) is -1.43. The summed E-state index contributed by atoms with van der Waals surface area (Å²) in [5.41, 5.74) is 2.77. The summed E-state index contributed by atoms with van der Waals surface area (Å²) >= 11 is 0. The van der Waals surface area contributed by atoms with Crippen LogP contribution in [0.4, 0.5) is 5.82 Å². The molecule has 0 unspecified atom stereocenters. The first-order valence-corrected chi connectivity index (χ1v) is 10.4. The van der Waals surface area contributed by atoms with Gasteiger partial charge in [0.05, 0.1) is 30.4 Å². The topological polar surface area (TPSA) is 90.3 Å². The minimum atomic E-state index is -3.04. The van der Waals surface area contributed by atoms with Gasteiger partial charge < -0.3 is 10.1 Å². The van der Waals surface area contributed by atoms with Crippen LogP contribution in [0, 0.1) is 6.92 Å². The quantitative estimate of drug-likeness (QED) is 0.886. The second-order valence-electron chi connectivity index (χ2n) is 6.93. The van der Waals surface area contributed by atoms with Gasteiger partial charge in [0, 0.05) is 17.9 Å². The zero-order valence-corrected chi connectivity index (χ0v) is 15.5. The largest absolute Gasteiger partial charge is 0.497 e. The van der Waals surface area contributed by atoms with Gasteiger partial charge in [-0.1, -0.05) is 12.1 Å². The maximum atomic E-state index is 12.4. The van der Waals surface area contributed by atoms with E-state index in [2.05, 4.69) is 10.4 Å². The van der Waals surface area contributed by atoms with Crippen molar-refractivity contribution in [3.8, 4) is 5.75 Å². The summed E-state index contributed by atoms with van der Waals surface area (Å²) in [6.45, 7) is 1.91. The number of aryl methyl sites for hydroxylation is 1. The standard InChI is InChI=1S/C18H21N3O4S/c1-11-17-15(12-4-3-5-14(8-12)25-2)9-16(22)19-18(17)21(20-11)13-6-7-26(23,24)10-13/h3-5,8,13,15H,6-7,9-10H2,1-2H3,(H,19,22)/t13-,15+/m0/s1. The van der Waals surface area contributed by atoms with Gasteiger partial charge in [-0.25, -0.2) is 13.1 Å². The second-order valence-corrected chi connectivity index (χ2v) is 9.16. The lowest BCUT2D eigenvalue weighted by Crippen LogP contribution is -2.26. The van der Waals surface area contributed by atoms with E-state index in [0.717, 1.165) is 22.6 Å². The number of amides is 1. The molecule has 0 radical (unpaired) electrons. The van der Waals surface area contributed by atoms with Crippen LogP contribution in [0.25, 0.3) is 0 Å². The van der Waals surface area contributed by atoms with Crippen LogP contribution < -0.4 is 10.1 Å². The van der Waals surface area contributed by atoms with Crippen molar-refractivity contribution in [2.45, 2.75) is 31.7 Å². The number of hydrogen-bond acceptors (Lipinski definition) is 5. The monoisotopic (exact) mass is 375 g/mol. The average Bonchev–Trinajstić information content (AvgIpc) is 3.13. The van der Waals surface area contributed by atoms with E-state index in [0.29, 0.717) is 18.7 Å². The molecule has 26 heavy (non-hydrogen) atoms. The van der Waals surface area contributed by atoms with E-state index < -0.39 is 9.84 Å². The number of sulfone groups is 1. The smallest absolute Gasteiger partial charge is 0.226 e. The first-order valence-electron chi connectivity index (χ1n) is 8.61. The predicted molar refractivity (Wildman–Crippen MR) is 97.4 cm³/mol. The molecule has 7 nitrogen and oxygen atoms in total. The second kappa shape index (κ2) is 6.12. The Kier molecular flexibility index (Phi) is 4.02. The van der Waals surface area contributed by atoms with Gasteiger partial charge in [0.2, 0.25) is 5.91 Å². The van der Waals surface area contributed by atoms with Gasteiger partial charge in [-0.05, 0) is 31.0 Å². The highest BCUT2D eigenvalue weighted by Gasteiger charge is 2.37. The lowest BCUT2D eigenvalue weighted by atomic mass is 9.85. The highest BCUT2D eigenvalue weighted by molar-refractivity contribution is 7.91. The van der Waals surface area contributed by atoms with E-state index in [9.17, 15) is 13.2 Å². The van der Waals surface area contributed by atoms with Crippen molar-refractivity contribution < 1.29 is 17.9 Å². The number of ether oxygens (including phenoxy) is 1. The summed E-state index contributed by atoms with van der Waals surface area (Å²) < 4.78 is 30.8. The molecule has 138 valence electrons. The third-order valence-corrected chi connectivity index (χ3v) is 6.93. The molecule has 1 N–H and O–H groups in total. The summed E-state index contributed by atoms with van der Waals surface area (Å²) in [5.74, 6) is 1.39. The highest BCUT2D eigenvalue weighted by atomic mass is 32.2. The van der Waals surface area contributed by atoms with Gasteiger partial charge in [-0.2, -0.15) is 5.10 Å². The number of rotatable bonds is 3. The molecule has 2 atom stereocenters. The number of fused-ring (bicyclic) bond motifs is 1. The summed E-state index contributed by atoms with van der Waals surface area (Å²) in [5, 5.41) is 7.52. The van der Waals surface area contributed by atoms with Crippen LogP contribution >= 0.6 is 0 Å². The van der Waals surface area contributed by atoms with Crippen LogP contribution in [-0.4, -0.2) is 42.7 Å². The van der Waals surface area contributed by atoms with Crippen LogP contribution in [0.3, 0.4) is 0 Å². The van der Waals surface area contributed by atoms with Crippen LogP contribution in [-0.2, 0) is 14.6 Å². The number of aromatic nitrogens is 2. The van der Waals surface area contributed by atoms with E-state index >= 15 is 0 Å². The van der Waals surface area contributed by atoms with Crippen LogP contribution in [0.1, 0.15) is 41.6 Å². The molecule has 2 aliphatic heterocycles. The number of methoxy groups -OCH3 is 1. The van der Waals surface area contributed by atoms with Gasteiger partial charge in [-0.15, -0.1) is 0 Å². The Morgan fingerprint density at radius 2 is 2.15 bits per heavy atom. The Bertz CT molecular complexity index is 980. The highest BCUT2D eigenvalue weighted by Crippen LogP contribution is 2.42. The molecule has 1 amide bonds. The number of nitrogens with one attached hydrogen (secondary N) is 1. The molecule has 1 aromatic carbocycles. The summed E-state index contributed by atoms with van der Waals surface area (Å²) in [4.78, 5) is 12.4. The van der Waals surface area contributed by atoms with E-state index in [1.807, 2.05) is 31.2 Å². The van der Waals surface area contributed by atoms with Gasteiger partial charge in [-0.3, -0.25) is 4.79 Å². The predicted octanol–water partition coefficient (Wildman–Crippen LogP) is 2.03. The van der Waals surface area contributed by atoms with Crippen LogP contribution in [0.2, 0.25) is 0 Å². The fraction of sp³-hybridized carbons (Fsp3) is 0.444. The van der Waals surface area contributed by atoms with E-state index in [4.69, 9.17) is 4.74 Å². The zero-order chi connectivity index (χ0) is 18.5. The lowest BCUT2D eigenvalue weighted by molar-refractivity contribution is -0.116. The van der Waals surface area contributed by atoms with E-state index in [1.54, 1.807) is 11.8 Å². The molecule has 2 aliphatic rings. The SMILES string of the molecule is COc1cccc([C@H]2CC(=O)Nc3c2c(C)nn3[C@H]2CCS(=O)(=O)C2)c1. The third-order valence-electron chi connectivity index (χ3n) is 5.18. The van der Waals surface area contributed by atoms with Crippen molar-refractivity contribution in [1.29, 1.82) is 0 Å². The first kappa shape index (κ1) is 17.1. The van der Waals surface area contributed by atoms with Crippen LogP contribution in [0.5, 0.6) is 5.75 Å². The van der Waals surface area contributed by atoms with Crippen molar-refractivity contribution in [1.82, 2.24) is 9.78 Å². The molecule has 4 rings (SSSR count). The molecule has 2 aromatic rings.